The Labute approximate surface area is 193 Å². The van der Waals surface area contributed by atoms with Gasteiger partial charge in [-0.15, -0.1) is 0 Å². The van der Waals surface area contributed by atoms with Crippen LogP contribution in [-0.2, 0) is 14.3 Å². The Morgan fingerprint density at radius 1 is 1.09 bits per heavy atom. The van der Waals surface area contributed by atoms with Gasteiger partial charge >= 0.3 is 12.1 Å². The number of nitrogens with one attached hydrogen (secondary N) is 1. The number of aliphatic carboxylic acids is 1. The normalized spacial score (nSPS) is 20.5. The van der Waals surface area contributed by atoms with Crippen LogP contribution in [0.4, 0.5) is 4.79 Å². The molecular weight excluding hydrogens is 420 g/mol. The van der Waals surface area contributed by atoms with Crippen LogP contribution in [-0.4, -0.2) is 53.2 Å². The minimum atomic E-state index is -0.891. The molecule has 7 nitrogen and oxygen atoms in total. The van der Waals surface area contributed by atoms with Crippen molar-refractivity contribution in [3.05, 3.63) is 59.7 Å². The summed E-state index contributed by atoms with van der Waals surface area (Å²) in [5.41, 5.74) is 4.54. The number of nitrogens with zero attached hydrogens (tertiary/aromatic N) is 1. The first-order valence-electron chi connectivity index (χ1n) is 11.6. The predicted molar refractivity (Wildman–Crippen MR) is 124 cm³/mol. The molecule has 1 aliphatic carbocycles. The number of amides is 2. The number of carboxylic acid groups (broad SMARTS) is 1. The zero-order chi connectivity index (χ0) is 23.5. The monoisotopic (exact) mass is 450 g/mol. The average molecular weight is 451 g/mol. The number of hydrogen-bond donors (Lipinski definition) is 2. The molecule has 0 bridgehead atoms. The van der Waals surface area contributed by atoms with Crippen LogP contribution in [0.3, 0.4) is 0 Å². The third kappa shape index (κ3) is 4.45. The molecule has 2 aromatic carbocycles. The molecule has 1 saturated heterocycles. The number of likely N-dealkylation sites (tertiary alicyclic amines) is 1. The zero-order valence-corrected chi connectivity index (χ0v) is 19.0. The number of hydrogen-bond acceptors (Lipinski definition) is 4. The van der Waals surface area contributed by atoms with Crippen LogP contribution < -0.4 is 5.32 Å². The summed E-state index contributed by atoms with van der Waals surface area (Å²) in [7, 11) is 0. The minimum Gasteiger partial charge on any atom is -0.481 e. The van der Waals surface area contributed by atoms with E-state index in [1.165, 1.54) is 0 Å². The van der Waals surface area contributed by atoms with Crippen molar-refractivity contribution in [1.82, 2.24) is 10.2 Å². The summed E-state index contributed by atoms with van der Waals surface area (Å²) in [4.78, 5) is 38.8. The van der Waals surface area contributed by atoms with Crippen molar-refractivity contribution in [2.75, 3.05) is 13.2 Å². The Kier molecular flexibility index (Phi) is 6.67. The molecule has 7 heteroatoms. The van der Waals surface area contributed by atoms with Gasteiger partial charge in [-0.05, 0) is 48.4 Å². The SMILES string of the molecule is CC[C@@H](NC(=O)OCC1c2ccccc2-c2ccccc21)C(=O)N1CCCC(C(=O)O)C1C. The van der Waals surface area contributed by atoms with E-state index in [2.05, 4.69) is 29.6 Å². The van der Waals surface area contributed by atoms with Gasteiger partial charge in [-0.3, -0.25) is 9.59 Å². The van der Waals surface area contributed by atoms with E-state index in [9.17, 15) is 19.5 Å². The lowest BCUT2D eigenvalue weighted by Crippen LogP contribution is -2.55. The van der Waals surface area contributed by atoms with E-state index in [1.807, 2.05) is 31.2 Å². The number of carbonyl (C=O) groups excluding carboxylic acids is 2. The lowest BCUT2D eigenvalue weighted by molar-refractivity contribution is -0.149. The Bertz CT molecular complexity index is 1010. The highest BCUT2D eigenvalue weighted by molar-refractivity contribution is 5.87. The number of alkyl carbamates (subject to hydrolysis) is 1. The highest BCUT2D eigenvalue weighted by Crippen LogP contribution is 2.44. The maximum Gasteiger partial charge on any atom is 0.407 e. The molecule has 0 spiro atoms. The van der Waals surface area contributed by atoms with Gasteiger partial charge in [0.1, 0.15) is 12.6 Å². The molecular formula is C26H30N2O5. The van der Waals surface area contributed by atoms with Gasteiger partial charge in [-0.2, -0.15) is 0 Å². The third-order valence-corrected chi connectivity index (χ3v) is 6.93. The van der Waals surface area contributed by atoms with Gasteiger partial charge in [-0.25, -0.2) is 4.79 Å². The largest absolute Gasteiger partial charge is 0.481 e. The second-order valence-corrected chi connectivity index (χ2v) is 8.79. The molecule has 0 aromatic heterocycles. The van der Waals surface area contributed by atoms with E-state index in [1.54, 1.807) is 11.8 Å². The van der Waals surface area contributed by atoms with Crippen molar-refractivity contribution in [1.29, 1.82) is 0 Å². The first kappa shape index (κ1) is 22.8. The molecule has 4 rings (SSSR count). The van der Waals surface area contributed by atoms with Crippen LogP contribution in [0.25, 0.3) is 11.1 Å². The number of fused-ring (bicyclic) bond motifs is 3. The molecule has 2 aliphatic rings. The van der Waals surface area contributed by atoms with E-state index in [0.29, 0.717) is 25.8 Å². The first-order valence-corrected chi connectivity index (χ1v) is 11.6. The molecule has 2 N–H and O–H groups in total. The zero-order valence-electron chi connectivity index (χ0n) is 19.0. The first-order chi connectivity index (χ1) is 15.9. The lowest BCUT2D eigenvalue weighted by atomic mass is 9.89. The second kappa shape index (κ2) is 9.65. The fraction of sp³-hybridized carbons (Fsp3) is 0.423. The van der Waals surface area contributed by atoms with E-state index in [0.717, 1.165) is 22.3 Å². The summed E-state index contributed by atoms with van der Waals surface area (Å²) >= 11 is 0. The Balaban J connectivity index is 1.40. The van der Waals surface area contributed by atoms with Gasteiger partial charge in [0, 0.05) is 18.5 Å². The quantitative estimate of drug-likeness (QED) is 0.693. The maximum atomic E-state index is 13.1. The van der Waals surface area contributed by atoms with E-state index < -0.39 is 30.1 Å². The third-order valence-electron chi connectivity index (χ3n) is 6.93. The van der Waals surface area contributed by atoms with Crippen LogP contribution in [0.2, 0.25) is 0 Å². The topological polar surface area (TPSA) is 95.9 Å². The molecule has 174 valence electrons. The van der Waals surface area contributed by atoms with Crippen molar-refractivity contribution in [3.8, 4) is 11.1 Å². The fourth-order valence-corrected chi connectivity index (χ4v) is 5.11. The molecule has 3 atom stereocenters. The molecule has 1 heterocycles. The van der Waals surface area contributed by atoms with Gasteiger partial charge in [0.05, 0.1) is 5.92 Å². The smallest absolute Gasteiger partial charge is 0.407 e. The fourth-order valence-electron chi connectivity index (χ4n) is 5.11. The van der Waals surface area contributed by atoms with Gasteiger partial charge in [0.2, 0.25) is 5.91 Å². The van der Waals surface area contributed by atoms with Gasteiger partial charge < -0.3 is 20.1 Å². The van der Waals surface area contributed by atoms with Crippen LogP contribution in [0.1, 0.15) is 50.2 Å². The molecule has 1 fully saturated rings. The Morgan fingerprint density at radius 3 is 2.27 bits per heavy atom. The standard InChI is InChI=1S/C26H30N2O5/c1-3-23(24(29)28-14-8-13-17(16(28)2)25(30)31)27-26(32)33-15-22-20-11-6-4-9-18(20)19-10-5-7-12-21(19)22/h4-7,9-12,16-17,22-23H,3,8,13-15H2,1-2H3,(H,27,32)(H,30,31)/t16?,17?,23-/m1/s1. The number of piperidine rings is 1. The maximum absolute atomic E-state index is 13.1. The predicted octanol–water partition coefficient (Wildman–Crippen LogP) is 4.02. The van der Waals surface area contributed by atoms with Crippen LogP contribution in [0.5, 0.6) is 0 Å². The Hall–Kier alpha value is -3.35. The summed E-state index contributed by atoms with van der Waals surface area (Å²) in [6.07, 6.45) is 0.937. The van der Waals surface area contributed by atoms with E-state index in [-0.39, 0.29) is 18.4 Å². The lowest BCUT2D eigenvalue weighted by Gasteiger charge is -2.39. The molecule has 1 aliphatic heterocycles. The van der Waals surface area contributed by atoms with E-state index >= 15 is 0 Å². The molecule has 0 radical (unpaired) electrons. The Morgan fingerprint density at radius 2 is 1.70 bits per heavy atom. The highest BCUT2D eigenvalue weighted by atomic mass is 16.5. The summed E-state index contributed by atoms with van der Waals surface area (Å²) in [5.74, 6) is -1.80. The van der Waals surface area contributed by atoms with Crippen molar-refractivity contribution in [3.63, 3.8) is 0 Å². The average Bonchev–Trinajstić information content (AvgIpc) is 3.14. The number of ether oxygens (including phenoxy) is 1. The van der Waals surface area contributed by atoms with Crippen molar-refractivity contribution in [2.45, 2.75) is 51.1 Å². The van der Waals surface area contributed by atoms with Crippen LogP contribution in [0.15, 0.2) is 48.5 Å². The summed E-state index contributed by atoms with van der Waals surface area (Å²) in [6.45, 7) is 4.24. The summed E-state index contributed by atoms with van der Waals surface area (Å²) < 4.78 is 5.58. The summed E-state index contributed by atoms with van der Waals surface area (Å²) in [6, 6.07) is 15.0. The number of rotatable bonds is 6. The molecule has 0 saturated carbocycles. The van der Waals surface area contributed by atoms with Crippen molar-refractivity contribution in [2.24, 2.45) is 5.92 Å². The number of carboxylic acids is 1. The van der Waals surface area contributed by atoms with Crippen LogP contribution in [0, 0.1) is 5.92 Å². The van der Waals surface area contributed by atoms with Gasteiger partial charge in [0.15, 0.2) is 0 Å². The molecule has 2 aromatic rings. The van der Waals surface area contributed by atoms with E-state index in [4.69, 9.17) is 4.74 Å². The highest BCUT2D eigenvalue weighted by Gasteiger charge is 2.38. The molecule has 33 heavy (non-hydrogen) atoms. The van der Waals surface area contributed by atoms with Crippen molar-refractivity contribution >= 4 is 18.0 Å². The van der Waals surface area contributed by atoms with Crippen molar-refractivity contribution < 1.29 is 24.2 Å². The summed E-state index contributed by atoms with van der Waals surface area (Å²) in [5, 5.41) is 12.1. The second-order valence-electron chi connectivity index (χ2n) is 8.79. The molecule has 2 unspecified atom stereocenters. The number of benzene rings is 2. The number of carbonyl (C=O) groups is 3. The molecule has 2 amide bonds. The van der Waals surface area contributed by atoms with Gasteiger partial charge in [-0.1, -0.05) is 55.5 Å². The van der Waals surface area contributed by atoms with Gasteiger partial charge in [0.25, 0.3) is 0 Å². The minimum absolute atomic E-state index is 0.0580. The van der Waals surface area contributed by atoms with Crippen LogP contribution >= 0.6 is 0 Å².